The lowest BCUT2D eigenvalue weighted by Crippen LogP contribution is -2.35. The van der Waals surface area contributed by atoms with Crippen molar-refractivity contribution < 1.29 is 0 Å². The molecule has 0 amide bonds. The van der Waals surface area contributed by atoms with Gasteiger partial charge in [-0.2, -0.15) is 0 Å². The third kappa shape index (κ3) is 1.24. The highest BCUT2D eigenvalue weighted by atomic mass is 14.9. The van der Waals surface area contributed by atoms with Crippen LogP contribution < -0.4 is 22.2 Å². The summed E-state index contributed by atoms with van der Waals surface area (Å²) >= 11 is 0. The molecule has 1 aromatic rings. The highest BCUT2D eigenvalue weighted by Crippen LogP contribution is 2.05. The normalized spacial score (nSPS) is 19.9. The highest BCUT2D eigenvalue weighted by Gasteiger charge is 2.06. The van der Waals surface area contributed by atoms with Gasteiger partial charge in [0.15, 0.2) is 0 Å². The number of nitrogen functional groups attached to an aromatic ring is 2. The van der Waals surface area contributed by atoms with Crippen molar-refractivity contribution in [1.29, 1.82) is 0 Å². The number of fused-ring (bicyclic) bond motifs is 1. The van der Waals surface area contributed by atoms with Gasteiger partial charge in [0.2, 0.25) is 0 Å². The Balaban J connectivity index is 2.80. The third-order valence-corrected chi connectivity index (χ3v) is 2.10. The number of anilines is 2. The molecule has 1 aliphatic rings. The first-order chi connectivity index (χ1) is 6.18. The first-order valence-corrected chi connectivity index (χ1v) is 4.25. The Labute approximate surface area is 76.0 Å². The van der Waals surface area contributed by atoms with Crippen LogP contribution in [0.2, 0.25) is 0 Å². The zero-order valence-electron chi connectivity index (χ0n) is 7.49. The van der Waals surface area contributed by atoms with Gasteiger partial charge < -0.3 is 11.5 Å². The van der Waals surface area contributed by atoms with E-state index in [-0.39, 0.29) is 6.04 Å². The Bertz CT molecular complexity index is 449. The summed E-state index contributed by atoms with van der Waals surface area (Å²) < 4.78 is 0. The molecule has 1 atom stereocenters. The van der Waals surface area contributed by atoms with E-state index in [4.69, 9.17) is 11.5 Å². The molecule has 0 radical (unpaired) electrons. The van der Waals surface area contributed by atoms with Crippen LogP contribution in [0, 0.1) is 0 Å². The summed E-state index contributed by atoms with van der Waals surface area (Å²) in [5, 5.41) is 1.60. The van der Waals surface area contributed by atoms with Crippen molar-refractivity contribution in [3.8, 4) is 0 Å². The number of rotatable bonds is 0. The first kappa shape index (κ1) is 8.04. The molecule has 1 aromatic carbocycles. The second-order valence-electron chi connectivity index (χ2n) is 3.26. The number of nitrogens with two attached hydrogens (primary N) is 2. The summed E-state index contributed by atoms with van der Waals surface area (Å²) in [7, 11) is 0. The van der Waals surface area contributed by atoms with Crippen molar-refractivity contribution >= 4 is 11.4 Å². The van der Waals surface area contributed by atoms with Crippen LogP contribution in [0.1, 0.15) is 6.92 Å². The minimum Gasteiger partial charge on any atom is -0.397 e. The van der Waals surface area contributed by atoms with Crippen molar-refractivity contribution in [1.82, 2.24) is 0 Å². The van der Waals surface area contributed by atoms with E-state index < -0.39 is 0 Å². The smallest absolute Gasteiger partial charge is 0.108 e. The molecule has 13 heavy (non-hydrogen) atoms. The molecule has 0 spiro atoms. The maximum absolute atomic E-state index is 5.77. The highest BCUT2D eigenvalue weighted by molar-refractivity contribution is 5.61. The number of benzene rings is 1. The van der Waals surface area contributed by atoms with Gasteiger partial charge in [-0.05, 0) is 19.1 Å². The van der Waals surface area contributed by atoms with Crippen molar-refractivity contribution in [2.75, 3.05) is 18.0 Å². The van der Waals surface area contributed by atoms with Crippen molar-refractivity contribution in [2.24, 2.45) is 9.98 Å². The summed E-state index contributed by atoms with van der Waals surface area (Å²) in [6, 6.07) is 3.88. The second kappa shape index (κ2) is 2.73. The fraction of sp³-hybridized carbons (Fsp3) is 0.333. The summed E-state index contributed by atoms with van der Waals surface area (Å²) in [6.45, 7) is 2.72. The van der Waals surface area contributed by atoms with Crippen LogP contribution >= 0.6 is 0 Å². The Morgan fingerprint density at radius 1 is 1.38 bits per heavy atom. The Morgan fingerprint density at radius 2 is 2.15 bits per heavy atom. The number of nitrogens with zero attached hydrogens (tertiary/aromatic N) is 2. The fourth-order valence-electron chi connectivity index (χ4n) is 1.38. The van der Waals surface area contributed by atoms with Gasteiger partial charge in [-0.25, -0.2) is 0 Å². The second-order valence-corrected chi connectivity index (χ2v) is 3.26. The molecular formula is C9H12N4. The fourth-order valence-corrected chi connectivity index (χ4v) is 1.38. The quantitative estimate of drug-likeness (QED) is 0.522. The van der Waals surface area contributed by atoms with E-state index in [0.29, 0.717) is 17.9 Å². The SMILES string of the molecule is CC1CN=c2c(N)c(N)ccc2=N1. The van der Waals surface area contributed by atoms with Gasteiger partial charge in [-0.3, -0.25) is 9.98 Å². The van der Waals surface area contributed by atoms with Crippen LogP contribution in [0.25, 0.3) is 0 Å². The standard InChI is InChI=1S/C9H12N4/c1-5-4-12-9-7(13-5)3-2-6(10)8(9)11/h2-3,5H,4,10-11H2,1H3. The van der Waals surface area contributed by atoms with Crippen LogP contribution in [0.5, 0.6) is 0 Å². The van der Waals surface area contributed by atoms with Gasteiger partial charge in [-0.15, -0.1) is 0 Å². The van der Waals surface area contributed by atoms with Crippen molar-refractivity contribution in [3.05, 3.63) is 22.8 Å². The largest absolute Gasteiger partial charge is 0.397 e. The molecule has 0 fully saturated rings. The van der Waals surface area contributed by atoms with Crippen molar-refractivity contribution in [2.45, 2.75) is 13.0 Å². The van der Waals surface area contributed by atoms with Gasteiger partial charge in [0.25, 0.3) is 0 Å². The molecule has 68 valence electrons. The molecule has 4 heteroatoms. The zero-order chi connectivity index (χ0) is 9.42. The maximum atomic E-state index is 5.77. The monoisotopic (exact) mass is 176 g/mol. The summed E-state index contributed by atoms with van der Waals surface area (Å²) in [5.74, 6) is 0. The van der Waals surface area contributed by atoms with E-state index in [2.05, 4.69) is 9.98 Å². The minimum absolute atomic E-state index is 0.246. The predicted octanol–water partition coefficient (Wildman–Crippen LogP) is -0.508. The van der Waals surface area contributed by atoms with E-state index >= 15 is 0 Å². The lowest BCUT2D eigenvalue weighted by atomic mass is 10.2. The molecule has 0 aromatic heterocycles. The molecule has 2 rings (SSSR count). The van der Waals surface area contributed by atoms with Crippen LogP contribution in [-0.4, -0.2) is 12.6 Å². The molecule has 1 unspecified atom stereocenters. The van der Waals surface area contributed by atoms with Gasteiger partial charge in [0.1, 0.15) is 5.36 Å². The zero-order valence-corrected chi connectivity index (χ0v) is 7.49. The van der Waals surface area contributed by atoms with E-state index in [9.17, 15) is 0 Å². The average Bonchev–Trinajstić information content (AvgIpc) is 2.12. The topological polar surface area (TPSA) is 76.8 Å². The summed E-state index contributed by atoms with van der Waals surface area (Å²) in [5.41, 5.74) is 12.5. The average molecular weight is 176 g/mol. The maximum Gasteiger partial charge on any atom is 0.108 e. The van der Waals surface area contributed by atoms with Gasteiger partial charge in [-0.1, -0.05) is 0 Å². The number of hydrogen-bond acceptors (Lipinski definition) is 4. The van der Waals surface area contributed by atoms with Gasteiger partial charge in [0, 0.05) is 0 Å². The lowest BCUT2D eigenvalue weighted by Gasteiger charge is -2.09. The van der Waals surface area contributed by atoms with Crippen LogP contribution in [0.3, 0.4) is 0 Å². The molecule has 0 aliphatic carbocycles. The Morgan fingerprint density at radius 3 is 2.92 bits per heavy atom. The van der Waals surface area contributed by atoms with E-state index in [1.807, 2.05) is 13.0 Å². The van der Waals surface area contributed by atoms with Gasteiger partial charge >= 0.3 is 0 Å². The molecule has 4 N–H and O–H groups in total. The molecule has 0 saturated carbocycles. The molecule has 0 saturated heterocycles. The van der Waals surface area contributed by atoms with Gasteiger partial charge in [0.05, 0.1) is 29.3 Å². The summed E-state index contributed by atoms with van der Waals surface area (Å²) in [4.78, 5) is 8.75. The van der Waals surface area contributed by atoms with Crippen LogP contribution in [-0.2, 0) is 0 Å². The first-order valence-electron chi connectivity index (χ1n) is 4.25. The lowest BCUT2D eigenvalue weighted by molar-refractivity contribution is 0.695. The molecule has 4 nitrogen and oxygen atoms in total. The number of hydrogen-bond donors (Lipinski definition) is 2. The Kier molecular flexibility index (Phi) is 1.69. The predicted molar refractivity (Wildman–Crippen MR) is 51.9 cm³/mol. The van der Waals surface area contributed by atoms with E-state index in [1.165, 1.54) is 0 Å². The minimum atomic E-state index is 0.246. The van der Waals surface area contributed by atoms with Crippen LogP contribution in [0.15, 0.2) is 22.1 Å². The molecule has 0 bridgehead atoms. The third-order valence-electron chi connectivity index (χ3n) is 2.10. The van der Waals surface area contributed by atoms with Crippen molar-refractivity contribution in [3.63, 3.8) is 0 Å². The Hall–Kier alpha value is -1.58. The van der Waals surface area contributed by atoms with Crippen LogP contribution in [0.4, 0.5) is 11.4 Å². The molecule has 1 aliphatic heterocycles. The summed E-state index contributed by atoms with van der Waals surface area (Å²) in [6.07, 6.45) is 0. The van der Waals surface area contributed by atoms with E-state index in [0.717, 1.165) is 10.7 Å². The van der Waals surface area contributed by atoms with E-state index in [1.54, 1.807) is 6.07 Å². The molecular weight excluding hydrogens is 164 g/mol. The molecule has 1 heterocycles.